The predicted octanol–water partition coefficient (Wildman–Crippen LogP) is 3.27. The Hall–Kier alpha value is -1.58. The first kappa shape index (κ1) is 14.0. The van der Waals surface area contributed by atoms with Crippen molar-refractivity contribution >= 4 is 10.9 Å². The Morgan fingerprint density at radius 1 is 1.36 bits per heavy atom. The molecule has 3 heteroatoms. The molecule has 3 aliphatic heterocycles. The van der Waals surface area contributed by atoms with Gasteiger partial charge in [-0.3, -0.25) is 4.90 Å². The number of nitrogens with zero attached hydrogens (tertiary/aromatic N) is 1. The molecular weight excluding hydrogens is 272 g/mol. The van der Waals surface area contributed by atoms with Crippen LogP contribution in [0, 0.1) is 11.8 Å². The summed E-state index contributed by atoms with van der Waals surface area (Å²) in [6.07, 6.45) is 5.39. The summed E-state index contributed by atoms with van der Waals surface area (Å²) in [6.45, 7) is 6.54. The zero-order valence-electron chi connectivity index (χ0n) is 13.0. The van der Waals surface area contributed by atoms with Gasteiger partial charge < -0.3 is 10.1 Å². The fourth-order valence-electron chi connectivity index (χ4n) is 4.52. The lowest BCUT2D eigenvalue weighted by atomic mass is 9.74. The minimum Gasteiger partial charge on any atom is -0.396 e. The number of aromatic amines is 1. The van der Waals surface area contributed by atoms with Gasteiger partial charge in [-0.1, -0.05) is 24.3 Å². The number of aromatic nitrogens is 1. The molecule has 5 rings (SSSR count). The van der Waals surface area contributed by atoms with Crippen LogP contribution in [-0.4, -0.2) is 34.7 Å². The van der Waals surface area contributed by atoms with Crippen LogP contribution in [0.5, 0.6) is 0 Å². The molecule has 1 aromatic carbocycles. The van der Waals surface area contributed by atoms with Crippen LogP contribution in [-0.2, 0) is 6.42 Å². The van der Waals surface area contributed by atoms with Gasteiger partial charge in [-0.05, 0) is 49.3 Å². The van der Waals surface area contributed by atoms with Gasteiger partial charge in [-0.15, -0.1) is 6.58 Å². The van der Waals surface area contributed by atoms with Gasteiger partial charge >= 0.3 is 0 Å². The molecular formula is C19H24N2O. The second-order valence-electron chi connectivity index (χ2n) is 6.73. The Kier molecular flexibility index (Phi) is 3.55. The van der Waals surface area contributed by atoms with Crippen LogP contribution in [0.2, 0.25) is 0 Å². The van der Waals surface area contributed by atoms with Gasteiger partial charge in [0.25, 0.3) is 0 Å². The van der Waals surface area contributed by atoms with Crippen molar-refractivity contribution in [3.05, 3.63) is 48.2 Å². The van der Waals surface area contributed by atoms with E-state index in [-0.39, 0.29) is 6.61 Å². The minimum absolute atomic E-state index is 0.209. The molecule has 2 N–H and O–H groups in total. The third-order valence-corrected chi connectivity index (χ3v) is 5.65. The number of hydrogen-bond donors (Lipinski definition) is 2. The monoisotopic (exact) mass is 296 g/mol. The third kappa shape index (κ3) is 2.11. The molecule has 3 fully saturated rings. The van der Waals surface area contributed by atoms with Crippen molar-refractivity contribution in [2.24, 2.45) is 11.8 Å². The van der Waals surface area contributed by atoms with Crippen LogP contribution in [0.1, 0.15) is 30.1 Å². The van der Waals surface area contributed by atoms with Gasteiger partial charge in [0.1, 0.15) is 0 Å². The standard InChI is InChI=1S/C19H24N2O/c1-2-13-12-21-9-7-14(13)11-18(21)19-16(8-10-22)15-5-3-4-6-17(15)20-19/h2-6,13-14,18,20,22H,1,7-12H2/t13-,14-,18+/m0/s1. The smallest absolute Gasteiger partial charge is 0.0504 e. The molecule has 2 aromatic rings. The number of aliphatic hydroxyl groups is 1. The number of H-pyrrole nitrogens is 1. The Morgan fingerprint density at radius 3 is 2.95 bits per heavy atom. The molecule has 2 bridgehead atoms. The van der Waals surface area contributed by atoms with Crippen molar-refractivity contribution in [2.45, 2.75) is 25.3 Å². The van der Waals surface area contributed by atoms with Gasteiger partial charge in [0.05, 0.1) is 6.04 Å². The first-order valence-electron chi connectivity index (χ1n) is 8.38. The lowest BCUT2D eigenvalue weighted by Gasteiger charge is -2.49. The average Bonchev–Trinajstić information content (AvgIpc) is 2.94. The Balaban J connectivity index is 1.75. The van der Waals surface area contributed by atoms with E-state index >= 15 is 0 Å². The van der Waals surface area contributed by atoms with E-state index in [1.165, 1.54) is 41.5 Å². The van der Waals surface area contributed by atoms with Crippen LogP contribution < -0.4 is 0 Å². The Morgan fingerprint density at radius 2 is 2.23 bits per heavy atom. The number of fused-ring (bicyclic) bond motifs is 4. The molecule has 4 atom stereocenters. The lowest BCUT2D eigenvalue weighted by molar-refractivity contribution is 0.0163. The molecule has 3 aliphatic rings. The highest BCUT2D eigenvalue weighted by atomic mass is 16.2. The van der Waals surface area contributed by atoms with Gasteiger partial charge in [0.15, 0.2) is 0 Å². The highest BCUT2D eigenvalue weighted by Crippen LogP contribution is 2.45. The van der Waals surface area contributed by atoms with Gasteiger partial charge in [0, 0.05) is 29.7 Å². The predicted molar refractivity (Wildman–Crippen MR) is 89.8 cm³/mol. The van der Waals surface area contributed by atoms with Crippen molar-refractivity contribution in [3.8, 4) is 0 Å². The summed E-state index contributed by atoms with van der Waals surface area (Å²) in [6, 6.07) is 8.95. The van der Waals surface area contributed by atoms with Crippen LogP contribution in [0.4, 0.5) is 0 Å². The SMILES string of the molecule is C=C[C@H]1CN2CC[C@H]1C[C@@H]2c1[nH]c2ccccc2c1CCO. The normalized spacial score (nSPS) is 30.8. The molecule has 0 spiro atoms. The number of rotatable bonds is 4. The molecule has 1 aromatic heterocycles. The van der Waals surface area contributed by atoms with E-state index in [9.17, 15) is 5.11 Å². The molecule has 0 radical (unpaired) electrons. The van der Waals surface area contributed by atoms with Gasteiger partial charge in [-0.2, -0.15) is 0 Å². The maximum Gasteiger partial charge on any atom is 0.0504 e. The van der Waals surface area contributed by atoms with E-state index in [0.717, 1.165) is 18.9 Å². The molecule has 1 unspecified atom stereocenters. The molecule has 22 heavy (non-hydrogen) atoms. The van der Waals surface area contributed by atoms with Crippen molar-refractivity contribution < 1.29 is 5.11 Å². The Bertz CT molecular complexity index is 690. The van der Waals surface area contributed by atoms with Crippen LogP contribution in [0.3, 0.4) is 0 Å². The summed E-state index contributed by atoms with van der Waals surface area (Å²) in [5.41, 5.74) is 3.84. The highest BCUT2D eigenvalue weighted by Gasteiger charge is 2.40. The first-order chi connectivity index (χ1) is 10.8. The van der Waals surface area contributed by atoms with Gasteiger partial charge in [-0.25, -0.2) is 0 Å². The van der Waals surface area contributed by atoms with E-state index in [1.807, 2.05) is 0 Å². The molecule has 0 saturated carbocycles. The van der Waals surface area contributed by atoms with E-state index in [0.29, 0.717) is 12.0 Å². The fraction of sp³-hybridized carbons (Fsp3) is 0.474. The van der Waals surface area contributed by atoms with Crippen molar-refractivity contribution in [1.29, 1.82) is 0 Å². The van der Waals surface area contributed by atoms with Crippen LogP contribution in [0.15, 0.2) is 36.9 Å². The van der Waals surface area contributed by atoms with E-state index in [1.54, 1.807) is 0 Å². The Labute approximate surface area is 131 Å². The third-order valence-electron chi connectivity index (χ3n) is 5.65. The fourth-order valence-corrected chi connectivity index (χ4v) is 4.52. The summed E-state index contributed by atoms with van der Waals surface area (Å²) in [4.78, 5) is 6.27. The van der Waals surface area contributed by atoms with Crippen molar-refractivity contribution in [1.82, 2.24) is 9.88 Å². The molecule has 116 valence electrons. The van der Waals surface area contributed by atoms with Gasteiger partial charge in [0.2, 0.25) is 0 Å². The molecule has 3 saturated heterocycles. The summed E-state index contributed by atoms with van der Waals surface area (Å²) < 4.78 is 0. The quantitative estimate of drug-likeness (QED) is 0.850. The van der Waals surface area contributed by atoms with Crippen molar-refractivity contribution in [3.63, 3.8) is 0 Å². The number of para-hydroxylation sites is 1. The minimum atomic E-state index is 0.209. The lowest BCUT2D eigenvalue weighted by Crippen LogP contribution is -2.48. The van der Waals surface area contributed by atoms with Crippen LogP contribution in [0.25, 0.3) is 10.9 Å². The molecule has 3 nitrogen and oxygen atoms in total. The second-order valence-corrected chi connectivity index (χ2v) is 6.73. The maximum atomic E-state index is 9.49. The first-order valence-corrected chi connectivity index (χ1v) is 8.38. The van der Waals surface area contributed by atoms with E-state index in [4.69, 9.17) is 0 Å². The molecule has 0 amide bonds. The summed E-state index contributed by atoms with van der Waals surface area (Å²) in [7, 11) is 0. The summed E-state index contributed by atoms with van der Waals surface area (Å²) >= 11 is 0. The number of piperidine rings is 3. The topological polar surface area (TPSA) is 39.3 Å². The van der Waals surface area contributed by atoms with E-state index in [2.05, 4.69) is 46.8 Å². The molecule has 0 aliphatic carbocycles. The number of nitrogens with one attached hydrogen (secondary N) is 1. The second kappa shape index (κ2) is 5.56. The number of hydrogen-bond acceptors (Lipinski definition) is 2. The zero-order chi connectivity index (χ0) is 15.1. The summed E-state index contributed by atoms with van der Waals surface area (Å²) in [5.74, 6) is 1.41. The molecule has 4 heterocycles. The maximum absolute atomic E-state index is 9.49. The summed E-state index contributed by atoms with van der Waals surface area (Å²) in [5, 5.41) is 10.8. The highest BCUT2D eigenvalue weighted by molar-refractivity contribution is 5.84. The zero-order valence-corrected chi connectivity index (χ0v) is 13.0. The van der Waals surface area contributed by atoms with Crippen molar-refractivity contribution in [2.75, 3.05) is 19.7 Å². The van der Waals surface area contributed by atoms with E-state index < -0.39 is 0 Å². The number of benzene rings is 1. The largest absolute Gasteiger partial charge is 0.396 e. The number of aliphatic hydroxyl groups excluding tert-OH is 1. The van der Waals surface area contributed by atoms with Crippen LogP contribution >= 0.6 is 0 Å². The average molecular weight is 296 g/mol.